The molecule has 110 valence electrons. The molecule has 0 aromatic heterocycles. The first-order chi connectivity index (χ1) is 10.1. The number of rotatable bonds is 3. The van der Waals surface area contributed by atoms with Crippen LogP contribution in [0, 0.1) is 6.92 Å². The van der Waals surface area contributed by atoms with Crippen molar-refractivity contribution in [2.75, 3.05) is 0 Å². The Balaban J connectivity index is 1.80. The zero-order valence-electron chi connectivity index (χ0n) is 12.8. The monoisotopic (exact) mass is 281 g/mol. The van der Waals surface area contributed by atoms with E-state index in [1.54, 1.807) is 6.07 Å². The molecular formula is C19H23NO. The van der Waals surface area contributed by atoms with E-state index in [-0.39, 0.29) is 0 Å². The van der Waals surface area contributed by atoms with Crippen LogP contribution in [0.5, 0.6) is 5.75 Å². The molecule has 0 aliphatic heterocycles. The molecular weight excluding hydrogens is 258 g/mol. The van der Waals surface area contributed by atoms with Crippen molar-refractivity contribution < 1.29 is 5.11 Å². The summed E-state index contributed by atoms with van der Waals surface area (Å²) in [6.07, 6.45) is 3.45. The number of fused-ring (bicyclic) bond motifs is 1. The zero-order chi connectivity index (χ0) is 14.8. The lowest BCUT2D eigenvalue weighted by Crippen LogP contribution is -2.27. The largest absolute Gasteiger partial charge is 0.508 e. The average Bonchev–Trinajstić information content (AvgIpc) is 2.48. The fourth-order valence-corrected chi connectivity index (χ4v) is 3.21. The molecule has 2 atom stereocenters. The van der Waals surface area contributed by atoms with Crippen LogP contribution in [0.15, 0.2) is 42.5 Å². The van der Waals surface area contributed by atoms with E-state index in [9.17, 15) is 5.11 Å². The van der Waals surface area contributed by atoms with Crippen molar-refractivity contribution >= 4 is 0 Å². The maximum Gasteiger partial charge on any atom is 0.115 e. The molecule has 0 heterocycles. The van der Waals surface area contributed by atoms with Crippen molar-refractivity contribution in [2.45, 2.75) is 45.2 Å². The summed E-state index contributed by atoms with van der Waals surface area (Å²) >= 11 is 0. The molecule has 0 radical (unpaired) electrons. The highest BCUT2D eigenvalue weighted by atomic mass is 16.3. The van der Waals surface area contributed by atoms with E-state index in [0.717, 1.165) is 12.8 Å². The van der Waals surface area contributed by atoms with E-state index in [0.29, 0.717) is 17.8 Å². The highest BCUT2D eigenvalue weighted by Crippen LogP contribution is 2.33. The average molecular weight is 281 g/mol. The minimum Gasteiger partial charge on any atom is -0.508 e. The minimum absolute atomic E-state index is 0.309. The van der Waals surface area contributed by atoms with Gasteiger partial charge in [0.05, 0.1) is 0 Å². The van der Waals surface area contributed by atoms with Gasteiger partial charge < -0.3 is 10.4 Å². The molecule has 1 aliphatic rings. The summed E-state index contributed by atoms with van der Waals surface area (Å²) in [6.45, 7) is 4.32. The summed E-state index contributed by atoms with van der Waals surface area (Å²) in [5, 5.41) is 13.5. The standard InChI is InChI=1S/C19H23NO/c1-13-6-8-15(9-7-13)14(2)20-19-5-3-4-16-10-11-17(21)12-18(16)19/h6-12,14,19-21H,3-5H2,1-2H3/t14-,19?/m0/s1. The third kappa shape index (κ3) is 3.11. The van der Waals surface area contributed by atoms with Gasteiger partial charge in [-0.15, -0.1) is 0 Å². The number of aryl methyl sites for hydroxylation is 2. The first kappa shape index (κ1) is 14.2. The predicted octanol–water partition coefficient (Wildman–Crippen LogP) is 4.43. The van der Waals surface area contributed by atoms with Gasteiger partial charge in [-0.2, -0.15) is 0 Å². The molecule has 2 N–H and O–H groups in total. The lowest BCUT2D eigenvalue weighted by Gasteiger charge is -2.29. The number of hydrogen-bond donors (Lipinski definition) is 2. The molecule has 2 aromatic carbocycles. The fraction of sp³-hybridized carbons (Fsp3) is 0.368. The van der Waals surface area contributed by atoms with Crippen LogP contribution < -0.4 is 5.32 Å². The number of nitrogens with one attached hydrogen (secondary N) is 1. The highest BCUT2D eigenvalue weighted by Gasteiger charge is 2.22. The van der Waals surface area contributed by atoms with Crippen LogP contribution in [-0.2, 0) is 6.42 Å². The van der Waals surface area contributed by atoms with Gasteiger partial charge in [0.15, 0.2) is 0 Å². The second-order valence-electron chi connectivity index (χ2n) is 6.13. The molecule has 0 fully saturated rings. The smallest absolute Gasteiger partial charge is 0.115 e. The summed E-state index contributed by atoms with van der Waals surface area (Å²) in [4.78, 5) is 0. The summed E-state index contributed by atoms with van der Waals surface area (Å²) in [5.74, 6) is 0.366. The van der Waals surface area contributed by atoms with Crippen molar-refractivity contribution in [3.63, 3.8) is 0 Å². The molecule has 0 spiro atoms. The Hall–Kier alpha value is -1.80. The van der Waals surface area contributed by atoms with Gasteiger partial charge in [0, 0.05) is 12.1 Å². The molecule has 1 aliphatic carbocycles. The van der Waals surface area contributed by atoms with Gasteiger partial charge in [-0.25, -0.2) is 0 Å². The summed E-state index contributed by atoms with van der Waals surface area (Å²) in [5.41, 5.74) is 5.24. The van der Waals surface area contributed by atoms with Crippen molar-refractivity contribution in [1.82, 2.24) is 5.32 Å². The van der Waals surface area contributed by atoms with Gasteiger partial charge in [-0.05, 0) is 61.9 Å². The number of hydrogen-bond acceptors (Lipinski definition) is 2. The summed E-state index contributed by atoms with van der Waals surface area (Å²) in [7, 11) is 0. The third-order valence-corrected chi connectivity index (χ3v) is 4.47. The molecule has 0 saturated heterocycles. The number of benzene rings is 2. The molecule has 2 heteroatoms. The Morgan fingerprint density at radius 2 is 1.90 bits per heavy atom. The van der Waals surface area contributed by atoms with Gasteiger partial charge in [0.2, 0.25) is 0 Å². The number of aromatic hydroxyl groups is 1. The van der Waals surface area contributed by atoms with Crippen LogP contribution in [0.1, 0.15) is 54.1 Å². The minimum atomic E-state index is 0.309. The molecule has 0 bridgehead atoms. The second-order valence-corrected chi connectivity index (χ2v) is 6.13. The van der Waals surface area contributed by atoms with E-state index < -0.39 is 0 Å². The molecule has 0 saturated carbocycles. The molecule has 3 rings (SSSR count). The second kappa shape index (κ2) is 5.90. The van der Waals surface area contributed by atoms with Crippen molar-refractivity contribution in [3.8, 4) is 5.75 Å². The van der Waals surface area contributed by atoms with Gasteiger partial charge in [0.1, 0.15) is 5.75 Å². The van der Waals surface area contributed by atoms with Crippen molar-refractivity contribution in [2.24, 2.45) is 0 Å². The molecule has 21 heavy (non-hydrogen) atoms. The zero-order valence-corrected chi connectivity index (χ0v) is 12.8. The van der Waals surface area contributed by atoms with Gasteiger partial charge in [0.25, 0.3) is 0 Å². The van der Waals surface area contributed by atoms with Crippen LogP contribution >= 0.6 is 0 Å². The predicted molar refractivity (Wildman–Crippen MR) is 86.5 cm³/mol. The maximum absolute atomic E-state index is 9.76. The maximum atomic E-state index is 9.76. The Morgan fingerprint density at radius 1 is 1.14 bits per heavy atom. The lowest BCUT2D eigenvalue weighted by atomic mass is 9.87. The quantitative estimate of drug-likeness (QED) is 0.872. The molecule has 2 nitrogen and oxygen atoms in total. The Labute approximate surface area is 126 Å². The summed E-state index contributed by atoms with van der Waals surface area (Å²) in [6, 6.07) is 15.1. The fourth-order valence-electron chi connectivity index (χ4n) is 3.21. The van der Waals surface area contributed by atoms with E-state index in [4.69, 9.17) is 0 Å². The SMILES string of the molecule is Cc1ccc([C@H](C)NC2CCCc3ccc(O)cc32)cc1. The highest BCUT2D eigenvalue weighted by molar-refractivity contribution is 5.38. The number of phenolic OH excluding ortho intramolecular Hbond substituents is 1. The van der Waals surface area contributed by atoms with Crippen LogP contribution in [0.3, 0.4) is 0 Å². The van der Waals surface area contributed by atoms with Crippen molar-refractivity contribution in [1.29, 1.82) is 0 Å². The first-order valence-electron chi connectivity index (χ1n) is 7.78. The Morgan fingerprint density at radius 3 is 2.67 bits per heavy atom. The van der Waals surface area contributed by atoms with Crippen LogP contribution in [0.2, 0.25) is 0 Å². The number of phenols is 1. The molecule has 0 amide bonds. The van der Waals surface area contributed by atoms with Gasteiger partial charge >= 0.3 is 0 Å². The topological polar surface area (TPSA) is 32.3 Å². The molecule has 1 unspecified atom stereocenters. The van der Waals surface area contributed by atoms with E-state index in [1.165, 1.54) is 28.7 Å². The third-order valence-electron chi connectivity index (χ3n) is 4.47. The lowest BCUT2D eigenvalue weighted by molar-refractivity contribution is 0.411. The van der Waals surface area contributed by atoms with E-state index in [2.05, 4.69) is 49.5 Å². The normalized spacial score (nSPS) is 19.0. The van der Waals surface area contributed by atoms with E-state index >= 15 is 0 Å². The first-order valence-corrected chi connectivity index (χ1v) is 7.78. The van der Waals surface area contributed by atoms with Crippen LogP contribution in [0.25, 0.3) is 0 Å². The Bertz CT molecular complexity index is 618. The Kier molecular flexibility index (Phi) is 3.98. The van der Waals surface area contributed by atoms with Gasteiger partial charge in [-0.1, -0.05) is 35.9 Å². The van der Waals surface area contributed by atoms with Crippen molar-refractivity contribution in [3.05, 3.63) is 64.7 Å². The van der Waals surface area contributed by atoms with Crippen LogP contribution in [0.4, 0.5) is 0 Å². The van der Waals surface area contributed by atoms with Crippen LogP contribution in [-0.4, -0.2) is 5.11 Å². The summed E-state index contributed by atoms with van der Waals surface area (Å²) < 4.78 is 0. The molecule has 2 aromatic rings. The van der Waals surface area contributed by atoms with Gasteiger partial charge in [-0.3, -0.25) is 0 Å². The van der Waals surface area contributed by atoms with E-state index in [1.807, 2.05) is 6.07 Å².